The van der Waals surface area contributed by atoms with E-state index in [1.165, 1.54) is 24.3 Å². The molecular formula is C25H15Cl5N2O4. The van der Waals surface area contributed by atoms with Gasteiger partial charge in [0.25, 0.3) is 11.8 Å². The maximum atomic E-state index is 13.3. The number of anilines is 1. The molecule has 3 aromatic carbocycles. The molecule has 1 N–H and O–H groups in total. The van der Waals surface area contributed by atoms with Crippen LogP contribution in [0.25, 0.3) is 6.08 Å². The van der Waals surface area contributed by atoms with E-state index < -0.39 is 17.8 Å². The fourth-order valence-corrected chi connectivity index (χ4v) is 4.60. The van der Waals surface area contributed by atoms with Crippen molar-refractivity contribution in [3.8, 4) is 5.75 Å². The highest BCUT2D eigenvalue weighted by Crippen LogP contribution is 2.36. The summed E-state index contributed by atoms with van der Waals surface area (Å²) in [5.41, 5.74) is 1.49. The molecule has 0 radical (unpaired) electrons. The lowest BCUT2D eigenvalue weighted by atomic mass is 10.1. The van der Waals surface area contributed by atoms with Crippen molar-refractivity contribution in [2.75, 3.05) is 4.90 Å². The van der Waals surface area contributed by atoms with Gasteiger partial charge in [0.05, 0.1) is 10.7 Å². The first-order chi connectivity index (χ1) is 17.0. The SMILES string of the molecule is Cc1ccc(N2C(=O)NC(=O)/C(=C\c3cc(Cl)cc(Cl)c3OCc3ccc(Cl)cc3Cl)C2=O)cc1Cl. The lowest BCUT2D eigenvalue weighted by Gasteiger charge is -2.26. The van der Waals surface area contributed by atoms with Crippen molar-refractivity contribution < 1.29 is 19.1 Å². The molecule has 1 saturated heterocycles. The number of amides is 4. The summed E-state index contributed by atoms with van der Waals surface area (Å²) in [7, 11) is 0. The lowest BCUT2D eigenvalue weighted by Crippen LogP contribution is -2.54. The van der Waals surface area contributed by atoms with E-state index in [2.05, 4.69) is 5.32 Å². The first kappa shape index (κ1) is 26.3. The summed E-state index contributed by atoms with van der Waals surface area (Å²) in [6, 6.07) is 11.6. The van der Waals surface area contributed by atoms with Gasteiger partial charge in [-0.15, -0.1) is 0 Å². The van der Waals surface area contributed by atoms with Crippen LogP contribution in [0.5, 0.6) is 5.75 Å². The zero-order valence-electron chi connectivity index (χ0n) is 18.4. The Morgan fingerprint density at radius 2 is 1.58 bits per heavy atom. The second-order valence-electron chi connectivity index (χ2n) is 7.72. The number of hydrogen-bond acceptors (Lipinski definition) is 4. The fraction of sp³-hybridized carbons (Fsp3) is 0.0800. The van der Waals surface area contributed by atoms with E-state index in [9.17, 15) is 14.4 Å². The van der Waals surface area contributed by atoms with E-state index in [4.69, 9.17) is 62.7 Å². The number of aryl methyl sites for hydroxylation is 1. The average Bonchev–Trinajstić information content (AvgIpc) is 2.79. The van der Waals surface area contributed by atoms with Gasteiger partial charge in [-0.1, -0.05) is 70.1 Å². The summed E-state index contributed by atoms with van der Waals surface area (Å²) in [4.78, 5) is 39.3. The molecule has 1 aliphatic rings. The molecule has 4 amide bonds. The van der Waals surface area contributed by atoms with E-state index in [1.807, 2.05) is 0 Å². The van der Waals surface area contributed by atoms with Gasteiger partial charge in [-0.3, -0.25) is 14.9 Å². The molecule has 4 rings (SSSR count). The molecule has 1 heterocycles. The number of urea groups is 1. The minimum atomic E-state index is -0.903. The molecule has 3 aromatic rings. The number of imide groups is 2. The van der Waals surface area contributed by atoms with Gasteiger partial charge in [-0.05, 0) is 55.0 Å². The maximum absolute atomic E-state index is 13.3. The average molecular weight is 585 g/mol. The van der Waals surface area contributed by atoms with Crippen LogP contribution < -0.4 is 15.0 Å². The molecule has 1 aliphatic heterocycles. The Labute approximate surface area is 231 Å². The number of ether oxygens (including phenoxy) is 1. The number of nitrogens with zero attached hydrogens (tertiary/aromatic N) is 1. The zero-order chi connectivity index (χ0) is 26.1. The number of carbonyl (C=O) groups excluding carboxylic acids is 3. The third kappa shape index (κ3) is 5.48. The quantitative estimate of drug-likeness (QED) is 0.249. The van der Waals surface area contributed by atoms with Gasteiger partial charge < -0.3 is 4.74 Å². The standard InChI is InChI=1S/C25H15Cl5N2O4/c1-12-2-5-17(10-19(12)28)32-24(34)18(23(33)31-25(32)35)7-14-6-16(27)9-21(30)22(14)36-11-13-3-4-15(26)8-20(13)29/h2-10H,11H2,1H3,(H,31,33,35)/b18-7+. The zero-order valence-corrected chi connectivity index (χ0v) is 22.2. The van der Waals surface area contributed by atoms with E-state index in [-0.39, 0.29) is 39.2 Å². The molecule has 1 fully saturated rings. The minimum Gasteiger partial charge on any atom is -0.487 e. The van der Waals surface area contributed by atoms with E-state index in [0.29, 0.717) is 20.6 Å². The van der Waals surface area contributed by atoms with Crippen LogP contribution >= 0.6 is 58.0 Å². The molecule has 0 unspecified atom stereocenters. The number of rotatable bonds is 5. The molecule has 0 atom stereocenters. The molecule has 6 nitrogen and oxygen atoms in total. The Morgan fingerprint density at radius 1 is 0.861 bits per heavy atom. The van der Waals surface area contributed by atoms with Crippen LogP contribution in [0.15, 0.2) is 54.1 Å². The molecule has 184 valence electrons. The first-order valence-electron chi connectivity index (χ1n) is 10.3. The van der Waals surface area contributed by atoms with Crippen LogP contribution in [0.3, 0.4) is 0 Å². The predicted octanol–water partition coefficient (Wildman–Crippen LogP) is 7.51. The number of carbonyl (C=O) groups is 3. The summed E-state index contributed by atoms with van der Waals surface area (Å²) >= 11 is 30.9. The Balaban J connectivity index is 1.72. The van der Waals surface area contributed by atoms with Crippen LogP contribution in [0.1, 0.15) is 16.7 Å². The highest BCUT2D eigenvalue weighted by molar-refractivity contribution is 6.40. The topological polar surface area (TPSA) is 75.7 Å². The van der Waals surface area contributed by atoms with E-state index in [0.717, 1.165) is 10.5 Å². The van der Waals surface area contributed by atoms with Crippen molar-refractivity contribution in [3.63, 3.8) is 0 Å². The van der Waals surface area contributed by atoms with Crippen LogP contribution in [0, 0.1) is 6.92 Å². The second kappa shape index (κ2) is 10.7. The van der Waals surface area contributed by atoms with Gasteiger partial charge in [0.15, 0.2) is 0 Å². The fourth-order valence-electron chi connectivity index (χ4n) is 3.40. The highest BCUT2D eigenvalue weighted by Gasteiger charge is 2.37. The van der Waals surface area contributed by atoms with Gasteiger partial charge in [-0.25, -0.2) is 9.69 Å². The molecule has 36 heavy (non-hydrogen) atoms. The smallest absolute Gasteiger partial charge is 0.335 e. The van der Waals surface area contributed by atoms with Gasteiger partial charge in [0, 0.05) is 31.2 Å². The number of nitrogens with one attached hydrogen (secondary N) is 1. The Kier molecular flexibility index (Phi) is 7.83. The molecule has 0 bridgehead atoms. The summed E-state index contributed by atoms with van der Waals surface area (Å²) in [6.45, 7) is 1.79. The van der Waals surface area contributed by atoms with E-state index in [1.54, 1.807) is 37.3 Å². The Morgan fingerprint density at radius 3 is 2.28 bits per heavy atom. The monoisotopic (exact) mass is 582 g/mol. The van der Waals surface area contributed by atoms with Crippen molar-refractivity contribution >= 4 is 87.6 Å². The third-order valence-corrected chi connectivity index (χ3v) is 6.73. The molecule has 0 aromatic heterocycles. The molecule has 0 saturated carbocycles. The van der Waals surface area contributed by atoms with Gasteiger partial charge >= 0.3 is 6.03 Å². The third-order valence-electron chi connectivity index (χ3n) is 5.24. The van der Waals surface area contributed by atoms with Crippen LogP contribution in [0.2, 0.25) is 25.1 Å². The highest BCUT2D eigenvalue weighted by atomic mass is 35.5. The number of hydrogen-bond donors (Lipinski definition) is 1. The number of halogens is 5. The van der Waals surface area contributed by atoms with Gasteiger partial charge in [0.2, 0.25) is 0 Å². The van der Waals surface area contributed by atoms with Crippen LogP contribution in [-0.4, -0.2) is 17.8 Å². The van der Waals surface area contributed by atoms with Crippen LogP contribution in [0.4, 0.5) is 10.5 Å². The molecule has 0 spiro atoms. The number of barbiturate groups is 1. The molecule has 11 heteroatoms. The summed E-state index contributed by atoms with van der Waals surface area (Å²) in [5.74, 6) is -1.59. The van der Waals surface area contributed by atoms with Crippen molar-refractivity contribution in [2.24, 2.45) is 0 Å². The molecule has 0 aliphatic carbocycles. The number of benzene rings is 3. The van der Waals surface area contributed by atoms with Crippen molar-refractivity contribution in [1.82, 2.24) is 5.32 Å². The lowest BCUT2D eigenvalue weighted by molar-refractivity contribution is -0.122. The maximum Gasteiger partial charge on any atom is 0.335 e. The second-order valence-corrected chi connectivity index (χ2v) is 9.82. The summed E-state index contributed by atoms with van der Waals surface area (Å²) < 4.78 is 5.90. The Hall–Kier alpha value is -2.74. The largest absolute Gasteiger partial charge is 0.487 e. The summed E-state index contributed by atoms with van der Waals surface area (Å²) in [6.07, 6.45) is 1.25. The van der Waals surface area contributed by atoms with E-state index >= 15 is 0 Å². The normalized spacial score (nSPS) is 14.9. The summed E-state index contributed by atoms with van der Waals surface area (Å²) in [5, 5.41) is 3.75. The van der Waals surface area contributed by atoms with Crippen molar-refractivity contribution in [3.05, 3.63) is 95.9 Å². The predicted molar refractivity (Wildman–Crippen MR) is 142 cm³/mol. The Bertz CT molecular complexity index is 1450. The van der Waals surface area contributed by atoms with Crippen LogP contribution in [-0.2, 0) is 16.2 Å². The minimum absolute atomic E-state index is 0.0140. The first-order valence-corrected chi connectivity index (χ1v) is 12.2. The van der Waals surface area contributed by atoms with Crippen molar-refractivity contribution in [1.29, 1.82) is 0 Å². The van der Waals surface area contributed by atoms with Gasteiger partial charge in [-0.2, -0.15) is 0 Å². The van der Waals surface area contributed by atoms with Crippen molar-refractivity contribution in [2.45, 2.75) is 13.5 Å². The van der Waals surface area contributed by atoms with Gasteiger partial charge in [0.1, 0.15) is 17.9 Å². The molecular weight excluding hydrogens is 570 g/mol.